The first-order valence-corrected chi connectivity index (χ1v) is 1.28. The van der Waals surface area contributed by atoms with Crippen LogP contribution in [0.5, 0.6) is 0 Å². The first kappa shape index (κ1) is 9.67. The standard InChI is InChI=1S/C2H3NS.K.H/c1-3-2-4;;/h1H3;;/q;+1;-1. The molecule has 0 rings (SSSR count). The molecule has 5 heavy (non-hydrogen) atoms. The molecule has 0 aromatic heterocycles. The van der Waals surface area contributed by atoms with Crippen LogP contribution in [-0.4, -0.2) is 12.2 Å². The van der Waals surface area contributed by atoms with Crippen LogP contribution in [0.2, 0.25) is 0 Å². The Hall–Kier alpha value is 1.44. The van der Waals surface area contributed by atoms with Gasteiger partial charge in [0.1, 0.15) is 0 Å². The predicted molar refractivity (Wildman–Crippen MR) is 22.1 cm³/mol. The summed E-state index contributed by atoms with van der Waals surface area (Å²) in [7, 11) is 1.59. The molecule has 0 spiro atoms. The zero-order valence-corrected chi connectivity index (χ0v) is 7.30. The van der Waals surface area contributed by atoms with Crippen molar-refractivity contribution in [3.05, 3.63) is 0 Å². The fourth-order valence-corrected chi connectivity index (χ4v) is 0. The molecule has 0 amide bonds. The Morgan fingerprint density at radius 3 is 2.20 bits per heavy atom. The maximum atomic E-state index is 4.14. The molecule has 24 valence electrons. The van der Waals surface area contributed by atoms with Gasteiger partial charge in [0, 0.05) is 7.05 Å². The Kier molecular flexibility index (Phi) is 17.5. The zero-order valence-electron chi connectivity index (χ0n) is 4.36. The van der Waals surface area contributed by atoms with Crippen LogP contribution < -0.4 is 51.4 Å². The molecule has 0 saturated heterocycles. The summed E-state index contributed by atoms with van der Waals surface area (Å²) in [5, 5.41) is 2.14. The van der Waals surface area contributed by atoms with Crippen molar-refractivity contribution in [2.75, 3.05) is 7.05 Å². The van der Waals surface area contributed by atoms with E-state index in [0.29, 0.717) is 0 Å². The van der Waals surface area contributed by atoms with Crippen LogP contribution in [-0.2, 0) is 0 Å². The van der Waals surface area contributed by atoms with E-state index in [-0.39, 0.29) is 52.8 Å². The maximum absolute atomic E-state index is 4.14. The van der Waals surface area contributed by atoms with Crippen molar-refractivity contribution in [1.29, 1.82) is 0 Å². The first-order chi connectivity index (χ1) is 1.91. The minimum absolute atomic E-state index is 0. The molecule has 0 saturated carbocycles. The molecule has 0 aromatic rings. The fourth-order valence-electron chi connectivity index (χ4n) is 0. The van der Waals surface area contributed by atoms with Gasteiger partial charge >= 0.3 is 51.4 Å². The van der Waals surface area contributed by atoms with E-state index in [2.05, 4.69) is 22.4 Å². The summed E-state index contributed by atoms with van der Waals surface area (Å²) in [6.07, 6.45) is 0. The van der Waals surface area contributed by atoms with Gasteiger partial charge in [-0.3, -0.25) is 0 Å². The van der Waals surface area contributed by atoms with Crippen molar-refractivity contribution < 1.29 is 52.8 Å². The van der Waals surface area contributed by atoms with Gasteiger partial charge < -0.3 is 1.43 Å². The van der Waals surface area contributed by atoms with Crippen LogP contribution in [0.25, 0.3) is 0 Å². The van der Waals surface area contributed by atoms with Gasteiger partial charge in [0.2, 0.25) is 0 Å². The molecule has 3 heteroatoms. The van der Waals surface area contributed by atoms with Crippen LogP contribution >= 0.6 is 12.2 Å². The van der Waals surface area contributed by atoms with E-state index < -0.39 is 0 Å². The number of hydrogen-bond donors (Lipinski definition) is 0. The van der Waals surface area contributed by atoms with Crippen LogP contribution in [0.1, 0.15) is 1.43 Å². The molecule has 0 aliphatic carbocycles. The Balaban J connectivity index is -0.0000000450. The van der Waals surface area contributed by atoms with Crippen molar-refractivity contribution in [3.63, 3.8) is 0 Å². The van der Waals surface area contributed by atoms with Crippen molar-refractivity contribution in [2.45, 2.75) is 0 Å². The number of aliphatic imine (C=N–C) groups is 1. The molecule has 0 N–H and O–H groups in total. The van der Waals surface area contributed by atoms with Gasteiger partial charge in [0.25, 0.3) is 0 Å². The molecule has 1 nitrogen and oxygen atoms in total. The van der Waals surface area contributed by atoms with Gasteiger partial charge in [0.15, 0.2) is 0 Å². The first-order valence-electron chi connectivity index (χ1n) is 0.875. The number of nitrogens with zero attached hydrogens (tertiary/aromatic N) is 1. The topological polar surface area (TPSA) is 12.4 Å². The van der Waals surface area contributed by atoms with E-state index in [0.717, 1.165) is 0 Å². The van der Waals surface area contributed by atoms with E-state index >= 15 is 0 Å². The number of isothiocyanates is 1. The normalized spacial score (nSPS) is 3.40. The molecule has 0 atom stereocenters. The second-order valence-corrected chi connectivity index (χ2v) is 0.497. The van der Waals surface area contributed by atoms with Gasteiger partial charge in [-0.25, -0.2) is 4.99 Å². The zero-order chi connectivity index (χ0) is 3.41. The van der Waals surface area contributed by atoms with Crippen LogP contribution in [0, 0.1) is 0 Å². The summed E-state index contributed by atoms with van der Waals surface area (Å²) in [6, 6.07) is 0. The minimum atomic E-state index is 0. The largest absolute Gasteiger partial charge is 1.00 e. The molecule has 0 radical (unpaired) electrons. The summed E-state index contributed by atoms with van der Waals surface area (Å²) < 4.78 is 0. The third-order valence-electron chi connectivity index (χ3n) is 0.0913. The molecule has 0 fully saturated rings. The van der Waals surface area contributed by atoms with Crippen molar-refractivity contribution in [3.8, 4) is 0 Å². The Morgan fingerprint density at radius 2 is 2.20 bits per heavy atom. The summed E-state index contributed by atoms with van der Waals surface area (Å²) in [4.78, 5) is 3.30. The second kappa shape index (κ2) is 9.06. The fraction of sp³-hybridized carbons (Fsp3) is 0.500. The Labute approximate surface area is 80.8 Å². The Morgan fingerprint density at radius 1 is 2.00 bits per heavy atom. The van der Waals surface area contributed by atoms with E-state index in [1.54, 1.807) is 7.05 Å². The Bertz CT molecular complexity index is 51.5. The van der Waals surface area contributed by atoms with Crippen molar-refractivity contribution in [2.24, 2.45) is 4.99 Å². The molecule has 0 aliphatic rings. The summed E-state index contributed by atoms with van der Waals surface area (Å²) in [5.41, 5.74) is 0. The van der Waals surface area contributed by atoms with Crippen molar-refractivity contribution >= 4 is 17.4 Å². The quantitative estimate of drug-likeness (QED) is 0.198. The van der Waals surface area contributed by atoms with Gasteiger partial charge in [-0.2, -0.15) is 0 Å². The number of hydrogen-bond acceptors (Lipinski definition) is 2. The SMILES string of the molecule is CN=C=S.[H-].[K+]. The third kappa shape index (κ3) is 10.8. The van der Waals surface area contributed by atoms with Gasteiger partial charge in [-0.1, -0.05) is 0 Å². The second-order valence-electron chi connectivity index (χ2n) is 0.315. The summed E-state index contributed by atoms with van der Waals surface area (Å²) in [5.74, 6) is 0. The minimum Gasteiger partial charge on any atom is -1.00 e. The smallest absolute Gasteiger partial charge is 1.00 e. The van der Waals surface area contributed by atoms with Crippen LogP contribution in [0.15, 0.2) is 4.99 Å². The van der Waals surface area contributed by atoms with Gasteiger partial charge in [-0.15, -0.1) is 0 Å². The van der Waals surface area contributed by atoms with E-state index in [9.17, 15) is 0 Å². The summed E-state index contributed by atoms with van der Waals surface area (Å²) in [6.45, 7) is 0. The van der Waals surface area contributed by atoms with Crippen molar-refractivity contribution in [1.82, 2.24) is 0 Å². The monoisotopic (exact) mass is 113 g/mol. The molecule has 0 aliphatic heterocycles. The third-order valence-corrected chi connectivity index (χ3v) is 0.274. The van der Waals surface area contributed by atoms with Crippen LogP contribution in [0.4, 0.5) is 0 Å². The number of thiocarbonyl (C=S) groups is 1. The van der Waals surface area contributed by atoms with Gasteiger partial charge in [0.05, 0.1) is 5.16 Å². The van der Waals surface area contributed by atoms with E-state index in [1.807, 2.05) is 0 Å². The number of rotatable bonds is 0. The molecule has 0 unspecified atom stereocenters. The van der Waals surface area contributed by atoms with E-state index in [4.69, 9.17) is 0 Å². The van der Waals surface area contributed by atoms with E-state index in [1.165, 1.54) is 0 Å². The van der Waals surface area contributed by atoms with Gasteiger partial charge in [-0.05, 0) is 12.2 Å². The molecule has 0 bridgehead atoms. The molecular weight excluding hydrogens is 109 g/mol. The van der Waals surface area contributed by atoms with Crippen LogP contribution in [0.3, 0.4) is 0 Å². The average molecular weight is 113 g/mol. The molecule has 0 heterocycles. The molecular formula is C2H4KNS. The molecule has 0 aromatic carbocycles. The maximum Gasteiger partial charge on any atom is 1.00 e. The predicted octanol–water partition coefficient (Wildman–Crippen LogP) is -2.16. The average Bonchev–Trinajstić information content (AvgIpc) is 1.37. The summed E-state index contributed by atoms with van der Waals surface area (Å²) >= 11 is 4.14.